The quantitative estimate of drug-likeness (QED) is 0.0307. The van der Waals surface area contributed by atoms with Crippen LogP contribution in [0.25, 0.3) is 0 Å². The number of benzene rings is 8. The minimum Gasteiger partial charge on any atom is -0.454 e. The first-order valence-electron chi connectivity index (χ1n) is 26.8. The van der Waals surface area contributed by atoms with Crippen molar-refractivity contribution >= 4 is 47.2 Å². The van der Waals surface area contributed by atoms with Crippen LogP contribution in [-0.4, -0.2) is 63.7 Å². The minimum atomic E-state index is -1.52. The largest absolute Gasteiger partial charge is 0.454 e. The average Bonchev–Trinajstić information content (AvgIpc) is 3.49. The topological polar surface area (TPSA) is 134 Å². The molecule has 11 heteroatoms. The molecular formula is C68H65N3O6S2. The van der Waals surface area contributed by atoms with E-state index in [1.807, 2.05) is 176 Å². The molecule has 0 saturated carbocycles. The number of amides is 3. The Morgan fingerprint density at radius 3 is 1.34 bits per heavy atom. The molecule has 9 rings (SSSR count). The Kier molecular flexibility index (Phi) is 18.8. The highest BCUT2D eigenvalue weighted by atomic mass is 32.2. The fourth-order valence-electron chi connectivity index (χ4n) is 10.4. The van der Waals surface area contributed by atoms with Gasteiger partial charge in [0.25, 0.3) is 5.91 Å². The third-order valence-electron chi connectivity index (χ3n) is 14.2. The van der Waals surface area contributed by atoms with Crippen LogP contribution in [0.2, 0.25) is 0 Å². The van der Waals surface area contributed by atoms with E-state index >= 15 is 9.59 Å². The van der Waals surface area contributed by atoms with Crippen LogP contribution in [0.4, 0.5) is 0 Å². The number of aliphatic hydroxyl groups excluding tert-OH is 1. The molecule has 4 N–H and O–H groups in total. The summed E-state index contributed by atoms with van der Waals surface area (Å²) in [7, 11) is 0. The van der Waals surface area contributed by atoms with Crippen molar-refractivity contribution in [3.8, 4) is 0 Å². The highest BCUT2D eigenvalue weighted by Crippen LogP contribution is 2.51. The predicted molar refractivity (Wildman–Crippen MR) is 318 cm³/mol. The van der Waals surface area contributed by atoms with Crippen molar-refractivity contribution in [3.05, 3.63) is 299 Å². The summed E-state index contributed by atoms with van der Waals surface area (Å²) in [4.78, 5) is 59.7. The van der Waals surface area contributed by atoms with E-state index in [4.69, 9.17) is 4.74 Å². The van der Waals surface area contributed by atoms with Gasteiger partial charge in [0, 0.05) is 6.42 Å². The monoisotopic (exact) mass is 1080 g/mol. The van der Waals surface area contributed by atoms with Crippen LogP contribution >= 0.6 is 23.5 Å². The van der Waals surface area contributed by atoms with Gasteiger partial charge in [-0.05, 0) is 76.1 Å². The Labute approximate surface area is 472 Å². The van der Waals surface area contributed by atoms with Crippen LogP contribution in [0.5, 0.6) is 0 Å². The van der Waals surface area contributed by atoms with Crippen LogP contribution in [0.15, 0.2) is 255 Å². The van der Waals surface area contributed by atoms with Crippen molar-refractivity contribution in [3.63, 3.8) is 0 Å². The molecule has 0 spiro atoms. The van der Waals surface area contributed by atoms with Crippen molar-refractivity contribution in [1.29, 1.82) is 0 Å². The number of hydrogen-bond acceptors (Lipinski definition) is 8. The smallest absolute Gasteiger partial charge is 0.309 e. The maximum Gasteiger partial charge on any atom is 0.309 e. The maximum absolute atomic E-state index is 15.4. The first-order chi connectivity index (χ1) is 38.5. The molecule has 0 aromatic heterocycles. The van der Waals surface area contributed by atoms with Gasteiger partial charge in [0.05, 0.1) is 34.5 Å². The van der Waals surface area contributed by atoms with Gasteiger partial charge < -0.3 is 25.8 Å². The first kappa shape index (κ1) is 55.8. The van der Waals surface area contributed by atoms with Gasteiger partial charge in [-0.1, -0.05) is 249 Å². The molecule has 8 aromatic rings. The Bertz CT molecular complexity index is 3060. The SMILES string of the molecule is C[C@@]1(C=CCCSC(c2ccccc2)(c2ccccc2)c2ccccc2)CC(=O)N[C@H](Cc2ccccc2)C(=O)N[C@@H](SC(c2ccccc2)(c2ccccc2)c2ccccc2)C(=O)N[C@H](Cc2ccccc2)[C@@H](O)CC(=O)O1. The number of carbonyl (C=O) groups is 4. The van der Waals surface area contributed by atoms with E-state index in [2.05, 4.69) is 88.7 Å². The van der Waals surface area contributed by atoms with Crippen LogP contribution in [0.1, 0.15) is 70.7 Å². The second-order valence-electron chi connectivity index (χ2n) is 20.0. The molecule has 9 nitrogen and oxygen atoms in total. The number of ether oxygens (including phenoxy) is 1. The third kappa shape index (κ3) is 13.8. The van der Waals surface area contributed by atoms with E-state index in [1.165, 1.54) is 11.8 Å². The highest BCUT2D eigenvalue weighted by Gasteiger charge is 2.44. The molecule has 0 unspecified atom stereocenters. The molecule has 1 saturated heterocycles. The molecule has 400 valence electrons. The van der Waals surface area contributed by atoms with Crippen molar-refractivity contribution in [2.24, 2.45) is 0 Å². The van der Waals surface area contributed by atoms with Gasteiger partial charge in [-0.25, -0.2) is 0 Å². The molecule has 1 aliphatic rings. The second kappa shape index (κ2) is 26.6. The van der Waals surface area contributed by atoms with E-state index in [9.17, 15) is 14.7 Å². The van der Waals surface area contributed by atoms with Gasteiger partial charge in [0.15, 0.2) is 5.37 Å². The van der Waals surface area contributed by atoms with Gasteiger partial charge >= 0.3 is 5.97 Å². The van der Waals surface area contributed by atoms with E-state index in [-0.39, 0.29) is 19.3 Å². The summed E-state index contributed by atoms with van der Waals surface area (Å²) in [5.74, 6) is -1.89. The summed E-state index contributed by atoms with van der Waals surface area (Å²) in [6, 6.07) is 77.3. The number of hydrogen-bond donors (Lipinski definition) is 4. The number of nitrogens with one attached hydrogen (secondary N) is 3. The number of rotatable bonds is 17. The molecule has 1 aliphatic heterocycles. The molecule has 0 radical (unpaired) electrons. The number of carbonyl (C=O) groups excluding carboxylic acids is 4. The summed E-state index contributed by atoms with van der Waals surface area (Å²) in [5.41, 5.74) is 5.99. The lowest BCUT2D eigenvalue weighted by atomic mass is 9.84. The summed E-state index contributed by atoms with van der Waals surface area (Å²) in [6.45, 7) is 1.67. The molecule has 1 heterocycles. The van der Waals surface area contributed by atoms with Gasteiger partial charge in [0.2, 0.25) is 11.8 Å². The predicted octanol–water partition coefficient (Wildman–Crippen LogP) is 11.7. The Morgan fingerprint density at radius 1 is 0.519 bits per heavy atom. The van der Waals surface area contributed by atoms with Gasteiger partial charge in [-0.3, -0.25) is 19.2 Å². The summed E-state index contributed by atoms with van der Waals surface area (Å²) in [6.07, 6.45) is 2.14. The molecule has 1 fully saturated rings. The molecule has 3 amide bonds. The highest BCUT2D eigenvalue weighted by molar-refractivity contribution is 8.02. The number of aliphatic hydroxyl groups is 1. The zero-order valence-electron chi connectivity index (χ0n) is 44.1. The van der Waals surface area contributed by atoms with Crippen LogP contribution in [-0.2, 0) is 46.3 Å². The minimum absolute atomic E-state index is 0.0868. The third-order valence-corrected chi connectivity index (χ3v) is 17.4. The molecule has 8 aromatic carbocycles. The Balaban J connectivity index is 1.07. The molecule has 79 heavy (non-hydrogen) atoms. The van der Waals surface area contributed by atoms with Gasteiger partial charge in [-0.2, -0.15) is 0 Å². The summed E-state index contributed by atoms with van der Waals surface area (Å²) < 4.78 is 4.63. The lowest BCUT2D eigenvalue weighted by Gasteiger charge is -2.38. The fourth-order valence-corrected chi connectivity index (χ4v) is 13.4. The maximum atomic E-state index is 15.4. The van der Waals surface area contributed by atoms with Crippen molar-refractivity contribution in [2.75, 3.05) is 5.75 Å². The van der Waals surface area contributed by atoms with E-state index in [1.54, 1.807) is 24.8 Å². The Hall–Kier alpha value is -7.96. The number of esters is 1. The van der Waals surface area contributed by atoms with E-state index in [0.717, 1.165) is 44.5 Å². The van der Waals surface area contributed by atoms with E-state index in [0.29, 0.717) is 12.2 Å². The zero-order valence-corrected chi connectivity index (χ0v) is 45.7. The fraction of sp³-hybridized carbons (Fsp3) is 0.206. The van der Waals surface area contributed by atoms with Crippen LogP contribution in [0.3, 0.4) is 0 Å². The summed E-state index contributed by atoms with van der Waals surface area (Å²) in [5, 5.41) is 20.1. The summed E-state index contributed by atoms with van der Waals surface area (Å²) >= 11 is 3.03. The number of thioether (sulfide) groups is 2. The molecule has 0 bridgehead atoms. The first-order valence-corrected chi connectivity index (χ1v) is 28.6. The average molecular weight is 1080 g/mol. The zero-order chi connectivity index (χ0) is 54.9. The van der Waals surface area contributed by atoms with Crippen molar-refractivity contribution < 1.29 is 29.0 Å². The lowest BCUT2D eigenvalue weighted by Crippen LogP contribution is -2.57. The van der Waals surface area contributed by atoms with E-state index < -0.39 is 68.8 Å². The van der Waals surface area contributed by atoms with Crippen LogP contribution < -0.4 is 16.0 Å². The molecule has 0 aliphatic carbocycles. The standard InChI is InChI=1S/C68H65N3O6S2/c1-66(44-26-27-45-78-67(52-32-14-4-15-33-52,53-34-16-5-17-35-53)54-36-18-6-19-37-54)49-61(73)69-59(47-51-30-12-3-13-31-51)63(75)71-65(64(76)70-58(60(72)48-62(74)77-66)46-50-28-10-2-11-29-50)79-68(55-38-20-7-21-39-55,56-40-22-8-23-41-56)57-42-24-9-25-43-57/h2-26,28-44,58-60,65,72H,27,45-49H2,1H3,(H,69,73)(H,70,76)(H,71,75)/t58-,59-,60+,65+,66-/m1/s1. The lowest BCUT2D eigenvalue weighted by molar-refractivity contribution is -0.158. The number of allylic oxidation sites excluding steroid dienone is 1. The number of cyclic esters (lactones) is 1. The van der Waals surface area contributed by atoms with Crippen LogP contribution in [0, 0.1) is 0 Å². The molecule has 5 atom stereocenters. The second-order valence-corrected chi connectivity index (χ2v) is 22.6. The molecular weight excluding hydrogens is 1020 g/mol. The van der Waals surface area contributed by atoms with Gasteiger partial charge in [-0.15, -0.1) is 23.5 Å². The van der Waals surface area contributed by atoms with Gasteiger partial charge in [0.1, 0.15) is 11.6 Å². The van der Waals surface area contributed by atoms with Crippen molar-refractivity contribution in [1.82, 2.24) is 16.0 Å². The van der Waals surface area contributed by atoms with Crippen molar-refractivity contribution in [2.45, 2.75) is 77.7 Å². The normalized spacial score (nSPS) is 19.7. The Morgan fingerprint density at radius 2 is 0.911 bits per heavy atom.